The third-order valence-electron chi connectivity index (χ3n) is 4.54. The van der Waals surface area contributed by atoms with Crippen LogP contribution in [0, 0.1) is 0 Å². The minimum atomic E-state index is -0.591. The summed E-state index contributed by atoms with van der Waals surface area (Å²) in [5.41, 5.74) is 7.35. The summed E-state index contributed by atoms with van der Waals surface area (Å²) in [5.74, 6) is -0.515. The van der Waals surface area contributed by atoms with Crippen LogP contribution < -0.4 is 5.73 Å². The van der Waals surface area contributed by atoms with Gasteiger partial charge in [-0.15, -0.1) is 5.10 Å². The van der Waals surface area contributed by atoms with E-state index in [1.165, 1.54) is 5.56 Å². The molecule has 3 aromatic rings. The maximum absolute atomic E-state index is 11.2. The molecule has 0 spiro atoms. The van der Waals surface area contributed by atoms with Gasteiger partial charge in [-0.05, 0) is 25.5 Å². The minimum absolute atomic E-state index is 0.0768. The number of primary amides is 1. The summed E-state index contributed by atoms with van der Waals surface area (Å²) in [7, 11) is 0. The van der Waals surface area contributed by atoms with Gasteiger partial charge in [0.25, 0.3) is 5.91 Å². The number of hydrogen-bond donors (Lipinski definition) is 1. The average Bonchev–Trinajstić information content (AvgIpc) is 3.23. The molecule has 7 nitrogen and oxygen atoms in total. The van der Waals surface area contributed by atoms with E-state index >= 15 is 0 Å². The molecular weight excluding hydrogens is 306 g/mol. The number of furan rings is 1. The molecule has 7 heteroatoms. The van der Waals surface area contributed by atoms with Crippen LogP contribution in [0.4, 0.5) is 0 Å². The summed E-state index contributed by atoms with van der Waals surface area (Å²) < 4.78 is 7.39. The number of nitrogens with zero attached hydrogens (tertiary/aromatic N) is 4. The van der Waals surface area contributed by atoms with Crippen molar-refractivity contribution in [3.05, 3.63) is 48.2 Å². The number of nitrogens with two attached hydrogens (primary N) is 1. The van der Waals surface area contributed by atoms with E-state index in [1.807, 2.05) is 24.5 Å². The number of carbonyl (C=O) groups is 1. The average molecular weight is 325 g/mol. The van der Waals surface area contributed by atoms with Crippen LogP contribution in [-0.4, -0.2) is 38.7 Å². The summed E-state index contributed by atoms with van der Waals surface area (Å²) >= 11 is 0. The van der Waals surface area contributed by atoms with Crippen molar-refractivity contribution in [3.63, 3.8) is 0 Å². The minimum Gasteiger partial charge on any atom is -0.464 e. The highest BCUT2D eigenvalue weighted by Crippen LogP contribution is 2.26. The van der Waals surface area contributed by atoms with E-state index in [9.17, 15) is 4.79 Å². The fraction of sp³-hybridized carbons (Fsp3) is 0.353. The van der Waals surface area contributed by atoms with Gasteiger partial charge in [-0.3, -0.25) is 9.69 Å². The van der Waals surface area contributed by atoms with E-state index in [0.717, 1.165) is 43.4 Å². The molecule has 1 saturated heterocycles. The number of amides is 1. The van der Waals surface area contributed by atoms with Crippen molar-refractivity contribution in [3.8, 4) is 0 Å². The van der Waals surface area contributed by atoms with Gasteiger partial charge in [0.15, 0.2) is 0 Å². The molecule has 1 amide bonds. The van der Waals surface area contributed by atoms with Crippen molar-refractivity contribution >= 4 is 16.9 Å². The normalized spacial score (nSPS) is 18.9. The Balaban J connectivity index is 1.49. The van der Waals surface area contributed by atoms with E-state index in [4.69, 9.17) is 10.2 Å². The Bertz CT molecular complexity index is 869. The molecule has 0 saturated carbocycles. The number of aromatic nitrogens is 3. The lowest BCUT2D eigenvalue weighted by Gasteiger charge is -2.32. The summed E-state index contributed by atoms with van der Waals surface area (Å²) in [4.78, 5) is 17.5. The van der Waals surface area contributed by atoms with Crippen molar-refractivity contribution in [2.75, 3.05) is 13.1 Å². The number of fused-ring (bicyclic) bond motifs is 1. The molecule has 0 unspecified atom stereocenters. The third-order valence-corrected chi connectivity index (χ3v) is 4.54. The Morgan fingerprint density at radius 2 is 2.25 bits per heavy atom. The molecule has 1 aromatic carbocycles. The number of rotatable bonds is 4. The molecule has 4 rings (SSSR count). The highest BCUT2D eigenvalue weighted by molar-refractivity contribution is 5.88. The Kier molecular flexibility index (Phi) is 3.78. The molecule has 1 aliphatic heterocycles. The molecule has 2 aromatic heterocycles. The van der Waals surface area contributed by atoms with Gasteiger partial charge >= 0.3 is 0 Å². The number of benzene rings is 1. The first-order chi connectivity index (χ1) is 11.7. The molecule has 0 aliphatic carbocycles. The van der Waals surface area contributed by atoms with E-state index in [2.05, 4.69) is 21.0 Å². The lowest BCUT2D eigenvalue weighted by Crippen LogP contribution is -2.36. The van der Waals surface area contributed by atoms with Crippen molar-refractivity contribution in [2.45, 2.75) is 25.4 Å². The van der Waals surface area contributed by atoms with Gasteiger partial charge in [-0.25, -0.2) is 9.67 Å². The maximum Gasteiger partial charge on any atom is 0.288 e. The molecule has 1 aliphatic rings. The highest BCUT2D eigenvalue weighted by atomic mass is 16.3. The van der Waals surface area contributed by atoms with Crippen LogP contribution in [-0.2, 0) is 6.54 Å². The second-order valence-electron chi connectivity index (χ2n) is 6.20. The second-order valence-corrected chi connectivity index (χ2v) is 6.20. The largest absolute Gasteiger partial charge is 0.464 e. The standard InChI is InChI=1S/C17H19N5O2/c18-16(23)17-19-11-22(20-17)13-4-3-7-21(9-13)8-12-10-24-15-6-2-1-5-14(12)15/h1-2,5-6,10-11,13H,3-4,7-9H2,(H2,18,23)/t13-/m1/s1. The first kappa shape index (κ1) is 14.9. The Morgan fingerprint density at radius 3 is 3.08 bits per heavy atom. The van der Waals surface area contributed by atoms with Crippen LogP contribution in [0.5, 0.6) is 0 Å². The topological polar surface area (TPSA) is 90.2 Å². The Hall–Kier alpha value is -2.67. The van der Waals surface area contributed by atoms with Crippen LogP contribution in [0.2, 0.25) is 0 Å². The van der Waals surface area contributed by atoms with Gasteiger partial charge in [0.1, 0.15) is 11.9 Å². The SMILES string of the molecule is NC(=O)c1ncn([C@@H]2CCCN(Cc3coc4ccccc34)C2)n1. The fourth-order valence-electron chi connectivity index (χ4n) is 3.35. The molecular formula is C17H19N5O2. The van der Waals surface area contributed by atoms with E-state index < -0.39 is 5.91 Å². The number of likely N-dealkylation sites (tertiary alicyclic amines) is 1. The lowest BCUT2D eigenvalue weighted by molar-refractivity contribution is 0.0989. The first-order valence-corrected chi connectivity index (χ1v) is 8.09. The van der Waals surface area contributed by atoms with E-state index in [1.54, 1.807) is 11.0 Å². The van der Waals surface area contributed by atoms with Crippen LogP contribution in [0.15, 0.2) is 41.3 Å². The number of carbonyl (C=O) groups excluding carboxylic acids is 1. The van der Waals surface area contributed by atoms with Crippen LogP contribution in [0.3, 0.4) is 0 Å². The Labute approximate surface area is 139 Å². The summed E-state index contributed by atoms with van der Waals surface area (Å²) in [6.45, 7) is 2.74. The predicted molar refractivity (Wildman–Crippen MR) is 88.3 cm³/mol. The summed E-state index contributed by atoms with van der Waals surface area (Å²) in [6.07, 6.45) is 5.53. The smallest absolute Gasteiger partial charge is 0.288 e. The zero-order valence-electron chi connectivity index (χ0n) is 13.3. The predicted octanol–water partition coefficient (Wildman–Crippen LogP) is 1.96. The van der Waals surface area contributed by atoms with Gasteiger partial charge in [-0.2, -0.15) is 0 Å². The van der Waals surface area contributed by atoms with E-state index in [0.29, 0.717) is 0 Å². The molecule has 124 valence electrons. The molecule has 3 heterocycles. The number of piperidine rings is 1. The van der Waals surface area contributed by atoms with Crippen molar-refractivity contribution in [2.24, 2.45) is 5.73 Å². The zero-order valence-corrected chi connectivity index (χ0v) is 13.3. The summed E-state index contributed by atoms with van der Waals surface area (Å²) in [6, 6.07) is 8.29. The maximum atomic E-state index is 11.2. The molecule has 1 fully saturated rings. The molecule has 24 heavy (non-hydrogen) atoms. The van der Waals surface area contributed by atoms with Gasteiger partial charge in [0.2, 0.25) is 5.82 Å². The Morgan fingerprint density at radius 1 is 1.38 bits per heavy atom. The van der Waals surface area contributed by atoms with Crippen LogP contribution in [0.25, 0.3) is 11.0 Å². The first-order valence-electron chi connectivity index (χ1n) is 8.09. The van der Waals surface area contributed by atoms with E-state index in [-0.39, 0.29) is 11.9 Å². The quantitative estimate of drug-likeness (QED) is 0.792. The summed E-state index contributed by atoms with van der Waals surface area (Å²) in [5, 5.41) is 5.36. The molecule has 0 radical (unpaired) electrons. The van der Waals surface area contributed by atoms with Crippen LogP contribution >= 0.6 is 0 Å². The van der Waals surface area contributed by atoms with Gasteiger partial charge < -0.3 is 10.2 Å². The number of para-hydroxylation sites is 1. The van der Waals surface area contributed by atoms with Crippen molar-refractivity contribution < 1.29 is 9.21 Å². The molecule has 0 bridgehead atoms. The number of hydrogen-bond acceptors (Lipinski definition) is 5. The van der Waals surface area contributed by atoms with Gasteiger partial charge in [0.05, 0.1) is 12.3 Å². The lowest BCUT2D eigenvalue weighted by atomic mass is 10.0. The van der Waals surface area contributed by atoms with Crippen molar-refractivity contribution in [1.29, 1.82) is 0 Å². The van der Waals surface area contributed by atoms with Crippen molar-refractivity contribution in [1.82, 2.24) is 19.7 Å². The van der Waals surface area contributed by atoms with Gasteiger partial charge in [-0.1, -0.05) is 18.2 Å². The molecule has 1 atom stereocenters. The van der Waals surface area contributed by atoms with Gasteiger partial charge in [0, 0.05) is 24.0 Å². The fourth-order valence-corrected chi connectivity index (χ4v) is 3.35. The highest BCUT2D eigenvalue weighted by Gasteiger charge is 2.23. The molecule has 2 N–H and O–H groups in total. The second kappa shape index (κ2) is 6.09. The third kappa shape index (κ3) is 2.78. The zero-order chi connectivity index (χ0) is 16.5. The monoisotopic (exact) mass is 325 g/mol. The van der Waals surface area contributed by atoms with Crippen LogP contribution in [0.1, 0.15) is 35.1 Å².